The second-order valence-electron chi connectivity index (χ2n) is 6.96. The van der Waals surface area contributed by atoms with Gasteiger partial charge in [-0.3, -0.25) is 0 Å². The highest BCUT2D eigenvalue weighted by Crippen LogP contribution is 2.38. The van der Waals surface area contributed by atoms with Crippen LogP contribution in [0.5, 0.6) is 23.0 Å². The lowest BCUT2D eigenvalue weighted by atomic mass is 10.1. The van der Waals surface area contributed by atoms with Crippen LogP contribution in [0.2, 0.25) is 5.02 Å². The normalized spacial score (nSPS) is 12.5. The Bertz CT molecular complexity index is 994. The lowest BCUT2D eigenvalue weighted by Gasteiger charge is -2.20. The lowest BCUT2D eigenvalue weighted by molar-refractivity contribution is 0.171. The second kappa shape index (κ2) is 9.74. The van der Waals surface area contributed by atoms with Crippen molar-refractivity contribution in [3.8, 4) is 23.0 Å². The standard InChI is InChI=1S/C24H24ClNO4/c1-27-21-8-7-18(12-22(21)30-16-17-5-3-2-4-6-17)14-26-15-19-11-20(25)24-23(13-19)28-9-10-29-24/h2-8,11-13,26H,9-10,14-16H2,1H3. The van der Waals surface area contributed by atoms with E-state index in [0.29, 0.717) is 55.2 Å². The Morgan fingerprint density at radius 1 is 0.867 bits per heavy atom. The molecule has 0 aliphatic carbocycles. The minimum absolute atomic E-state index is 0.490. The van der Waals surface area contributed by atoms with E-state index in [1.54, 1.807) is 7.11 Å². The van der Waals surface area contributed by atoms with Crippen molar-refractivity contribution in [3.63, 3.8) is 0 Å². The highest BCUT2D eigenvalue weighted by molar-refractivity contribution is 6.32. The van der Waals surface area contributed by atoms with Crippen LogP contribution in [0, 0.1) is 0 Å². The lowest BCUT2D eigenvalue weighted by Crippen LogP contribution is -2.17. The number of rotatable bonds is 8. The van der Waals surface area contributed by atoms with E-state index >= 15 is 0 Å². The van der Waals surface area contributed by atoms with Crippen LogP contribution in [-0.4, -0.2) is 20.3 Å². The quantitative estimate of drug-likeness (QED) is 0.551. The van der Waals surface area contributed by atoms with E-state index in [1.165, 1.54) is 0 Å². The Kier molecular flexibility index (Phi) is 6.62. The van der Waals surface area contributed by atoms with Crippen molar-refractivity contribution in [2.45, 2.75) is 19.7 Å². The van der Waals surface area contributed by atoms with Gasteiger partial charge in [0.05, 0.1) is 12.1 Å². The van der Waals surface area contributed by atoms with E-state index in [2.05, 4.69) is 5.32 Å². The summed E-state index contributed by atoms with van der Waals surface area (Å²) in [7, 11) is 1.65. The third-order valence-electron chi connectivity index (χ3n) is 4.78. The summed E-state index contributed by atoms with van der Waals surface area (Å²) >= 11 is 6.32. The van der Waals surface area contributed by atoms with Gasteiger partial charge in [0.1, 0.15) is 19.8 Å². The zero-order chi connectivity index (χ0) is 20.8. The van der Waals surface area contributed by atoms with Gasteiger partial charge in [-0.1, -0.05) is 48.0 Å². The molecule has 0 unspecified atom stereocenters. The molecule has 0 spiro atoms. The maximum Gasteiger partial charge on any atom is 0.179 e. The fourth-order valence-corrected chi connectivity index (χ4v) is 3.58. The Balaban J connectivity index is 1.38. The van der Waals surface area contributed by atoms with Crippen LogP contribution in [0.25, 0.3) is 0 Å². The summed E-state index contributed by atoms with van der Waals surface area (Å²) in [5.41, 5.74) is 3.25. The Morgan fingerprint density at radius 3 is 2.50 bits per heavy atom. The van der Waals surface area contributed by atoms with E-state index in [9.17, 15) is 0 Å². The first-order valence-electron chi connectivity index (χ1n) is 9.85. The number of benzene rings is 3. The predicted molar refractivity (Wildman–Crippen MR) is 117 cm³/mol. The SMILES string of the molecule is COc1ccc(CNCc2cc(Cl)c3c(c2)OCCO3)cc1OCc1ccccc1. The van der Waals surface area contributed by atoms with Crippen molar-refractivity contribution in [3.05, 3.63) is 82.4 Å². The number of hydrogen-bond donors (Lipinski definition) is 1. The third kappa shape index (κ3) is 4.99. The highest BCUT2D eigenvalue weighted by Gasteiger charge is 2.16. The Labute approximate surface area is 181 Å². The summed E-state index contributed by atoms with van der Waals surface area (Å²) in [4.78, 5) is 0. The Hall–Kier alpha value is -2.89. The van der Waals surface area contributed by atoms with Crippen LogP contribution in [0.4, 0.5) is 0 Å². The molecule has 0 bridgehead atoms. The monoisotopic (exact) mass is 425 g/mol. The molecule has 30 heavy (non-hydrogen) atoms. The van der Waals surface area contributed by atoms with Crippen molar-refractivity contribution < 1.29 is 18.9 Å². The summed E-state index contributed by atoms with van der Waals surface area (Å²) in [6.07, 6.45) is 0. The van der Waals surface area contributed by atoms with Crippen LogP contribution in [-0.2, 0) is 19.7 Å². The van der Waals surface area contributed by atoms with Gasteiger partial charge in [-0.15, -0.1) is 0 Å². The molecule has 1 heterocycles. The van der Waals surface area contributed by atoms with Crippen LogP contribution in [0.1, 0.15) is 16.7 Å². The molecule has 0 fully saturated rings. The van der Waals surface area contributed by atoms with Gasteiger partial charge in [0.25, 0.3) is 0 Å². The molecule has 0 amide bonds. The maximum absolute atomic E-state index is 6.32. The molecule has 0 radical (unpaired) electrons. The smallest absolute Gasteiger partial charge is 0.179 e. The van der Waals surface area contributed by atoms with Crippen LogP contribution in [0.3, 0.4) is 0 Å². The minimum Gasteiger partial charge on any atom is -0.493 e. The van der Waals surface area contributed by atoms with Crippen LogP contribution >= 0.6 is 11.6 Å². The summed E-state index contributed by atoms with van der Waals surface area (Å²) in [5, 5.41) is 4.01. The zero-order valence-electron chi connectivity index (χ0n) is 16.8. The molecule has 4 rings (SSSR count). The van der Waals surface area contributed by atoms with Gasteiger partial charge in [0.2, 0.25) is 0 Å². The summed E-state index contributed by atoms with van der Waals surface area (Å²) < 4.78 is 22.7. The molecule has 1 aliphatic rings. The number of methoxy groups -OCH3 is 1. The first kappa shape index (κ1) is 20.4. The fraction of sp³-hybridized carbons (Fsp3) is 0.250. The first-order valence-corrected chi connectivity index (χ1v) is 10.2. The number of ether oxygens (including phenoxy) is 4. The predicted octanol–water partition coefficient (Wildman–Crippen LogP) is 4.99. The summed E-state index contributed by atoms with van der Waals surface area (Å²) in [5.74, 6) is 2.77. The third-order valence-corrected chi connectivity index (χ3v) is 5.06. The van der Waals surface area contributed by atoms with E-state index in [1.807, 2.05) is 60.7 Å². The van der Waals surface area contributed by atoms with Crippen molar-refractivity contribution in [1.82, 2.24) is 5.32 Å². The van der Waals surface area contributed by atoms with E-state index < -0.39 is 0 Å². The van der Waals surface area contributed by atoms with Gasteiger partial charge in [0.15, 0.2) is 23.0 Å². The molecular formula is C24H24ClNO4. The van der Waals surface area contributed by atoms with Gasteiger partial charge in [-0.05, 0) is 41.0 Å². The van der Waals surface area contributed by atoms with Crippen molar-refractivity contribution >= 4 is 11.6 Å². The molecule has 6 heteroatoms. The molecule has 5 nitrogen and oxygen atoms in total. The molecule has 0 saturated heterocycles. The maximum atomic E-state index is 6.32. The average Bonchev–Trinajstić information content (AvgIpc) is 2.78. The van der Waals surface area contributed by atoms with Crippen molar-refractivity contribution in [1.29, 1.82) is 0 Å². The van der Waals surface area contributed by atoms with Crippen molar-refractivity contribution in [2.24, 2.45) is 0 Å². The van der Waals surface area contributed by atoms with Gasteiger partial charge >= 0.3 is 0 Å². The molecule has 0 aromatic heterocycles. The van der Waals surface area contributed by atoms with E-state index in [0.717, 1.165) is 22.4 Å². The highest BCUT2D eigenvalue weighted by atomic mass is 35.5. The van der Waals surface area contributed by atoms with E-state index in [4.69, 9.17) is 30.5 Å². The molecule has 0 saturated carbocycles. The van der Waals surface area contributed by atoms with E-state index in [-0.39, 0.29) is 0 Å². The number of halogens is 1. The van der Waals surface area contributed by atoms with Crippen LogP contribution < -0.4 is 24.3 Å². The van der Waals surface area contributed by atoms with Gasteiger partial charge in [-0.2, -0.15) is 0 Å². The molecule has 156 valence electrons. The minimum atomic E-state index is 0.490. The van der Waals surface area contributed by atoms with Crippen LogP contribution in [0.15, 0.2) is 60.7 Å². The fourth-order valence-electron chi connectivity index (χ4n) is 3.30. The number of nitrogens with one attached hydrogen (secondary N) is 1. The number of hydrogen-bond acceptors (Lipinski definition) is 5. The first-order chi connectivity index (χ1) is 14.7. The molecule has 1 aliphatic heterocycles. The van der Waals surface area contributed by atoms with Crippen molar-refractivity contribution in [2.75, 3.05) is 20.3 Å². The molecular weight excluding hydrogens is 402 g/mol. The zero-order valence-corrected chi connectivity index (χ0v) is 17.6. The second-order valence-corrected chi connectivity index (χ2v) is 7.37. The Morgan fingerprint density at radius 2 is 1.67 bits per heavy atom. The topological polar surface area (TPSA) is 49.0 Å². The molecule has 3 aromatic carbocycles. The van der Waals surface area contributed by atoms with Gasteiger partial charge in [-0.25, -0.2) is 0 Å². The average molecular weight is 426 g/mol. The number of fused-ring (bicyclic) bond motifs is 1. The summed E-state index contributed by atoms with van der Waals surface area (Å²) in [6, 6.07) is 19.9. The van der Waals surface area contributed by atoms with Gasteiger partial charge in [0, 0.05) is 13.1 Å². The summed E-state index contributed by atoms with van der Waals surface area (Å²) in [6.45, 7) is 2.89. The molecule has 1 N–H and O–H groups in total. The van der Waals surface area contributed by atoms with Gasteiger partial charge < -0.3 is 24.3 Å². The molecule has 3 aromatic rings. The molecule has 0 atom stereocenters. The largest absolute Gasteiger partial charge is 0.493 e.